The molecule has 0 amide bonds. The predicted molar refractivity (Wildman–Crippen MR) is 42.0 cm³/mol. The first-order valence-electron chi connectivity index (χ1n) is 3.82. The zero-order valence-corrected chi connectivity index (χ0v) is 6.17. The van der Waals surface area contributed by atoms with Gasteiger partial charge in [-0.2, -0.15) is 5.26 Å². The lowest BCUT2D eigenvalue weighted by atomic mass is 10.0. The van der Waals surface area contributed by atoms with Crippen molar-refractivity contribution in [1.82, 2.24) is 0 Å². The van der Waals surface area contributed by atoms with E-state index in [1.165, 1.54) is 12.8 Å². The molecule has 0 unspecified atom stereocenters. The van der Waals surface area contributed by atoms with Gasteiger partial charge in [0, 0.05) is 0 Å². The molecule has 0 saturated heterocycles. The normalized spacial score (nSPS) is 15.9. The molecule has 1 aliphatic rings. The zero-order valence-electron chi connectivity index (χ0n) is 6.17. The molecule has 0 N–H and O–H groups in total. The standard InChI is InChI=1S/C10H8N/c11-7-9-3-1-2-4-10(9)8-5-6-8/h1-3,8H,5-6H2. The Morgan fingerprint density at radius 2 is 2.36 bits per heavy atom. The molecule has 53 valence electrons. The number of hydrogen-bond donors (Lipinski definition) is 0. The van der Waals surface area contributed by atoms with Gasteiger partial charge >= 0.3 is 0 Å². The van der Waals surface area contributed by atoms with E-state index < -0.39 is 0 Å². The third kappa shape index (κ3) is 1.12. The smallest absolute Gasteiger partial charge is 0.0994 e. The molecule has 0 atom stereocenters. The van der Waals surface area contributed by atoms with E-state index in [4.69, 9.17) is 5.26 Å². The molecule has 1 radical (unpaired) electrons. The van der Waals surface area contributed by atoms with E-state index in [1.54, 1.807) is 0 Å². The van der Waals surface area contributed by atoms with Crippen LogP contribution >= 0.6 is 0 Å². The first-order valence-corrected chi connectivity index (χ1v) is 3.82. The lowest BCUT2D eigenvalue weighted by Crippen LogP contribution is -1.84. The van der Waals surface area contributed by atoms with Crippen molar-refractivity contribution in [1.29, 1.82) is 5.26 Å². The average Bonchev–Trinajstić information content (AvgIpc) is 2.87. The molecule has 0 aliphatic heterocycles. The van der Waals surface area contributed by atoms with Gasteiger partial charge in [0.15, 0.2) is 0 Å². The van der Waals surface area contributed by atoms with Gasteiger partial charge in [0.25, 0.3) is 0 Å². The Bertz CT molecular complexity index is 305. The van der Waals surface area contributed by atoms with Crippen LogP contribution in [0.1, 0.15) is 29.9 Å². The van der Waals surface area contributed by atoms with E-state index in [2.05, 4.69) is 12.1 Å². The molecular weight excluding hydrogens is 134 g/mol. The lowest BCUT2D eigenvalue weighted by Gasteiger charge is -1.97. The van der Waals surface area contributed by atoms with E-state index in [0.717, 1.165) is 11.1 Å². The van der Waals surface area contributed by atoms with Crippen molar-refractivity contribution >= 4 is 0 Å². The second-order valence-corrected chi connectivity index (χ2v) is 2.88. The van der Waals surface area contributed by atoms with Gasteiger partial charge in [-0.05, 0) is 36.5 Å². The molecule has 1 heteroatoms. The SMILES string of the molecule is N#Cc1ccc[c]c1C1CC1. The molecule has 1 fully saturated rings. The maximum Gasteiger partial charge on any atom is 0.0994 e. The molecule has 1 aliphatic carbocycles. The lowest BCUT2D eigenvalue weighted by molar-refractivity contribution is 1.11. The number of nitriles is 1. The fourth-order valence-electron chi connectivity index (χ4n) is 1.26. The molecule has 11 heavy (non-hydrogen) atoms. The van der Waals surface area contributed by atoms with Crippen LogP contribution in [-0.2, 0) is 0 Å². The van der Waals surface area contributed by atoms with E-state index in [1.807, 2.05) is 18.2 Å². The van der Waals surface area contributed by atoms with Gasteiger partial charge in [0.05, 0.1) is 11.6 Å². The molecule has 0 heterocycles. The molecule has 0 spiro atoms. The van der Waals surface area contributed by atoms with Gasteiger partial charge in [-0.25, -0.2) is 0 Å². The number of benzene rings is 1. The van der Waals surface area contributed by atoms with E-state index >= 15 is 0 Å². The highest BCUT2D eigenvalue weighted by atomic mass is 14.3. The van der Waals surface area contributed by atoms with Crippen LogP contribution in [0.5, 0.6) is 0 Å². The Hall–Kier alpha value is -1.29. The second-order valence-electron chi connectivity index (χ2n) is 2.88. The molecule has 1 nitrogen and oxygen atoms in total. The van der Waals surface area contributed by atoms with E-state index in [0.29, 0.717) is 5.92 Å². The summed E-state index contributed by atoms with van der Waals surface area (Å²) < 4.78 is 0. The van der Waals surface area contributed by atoms with Crippen molar-refractivity contribution in [2.24, 2.45) is 0 Å². The number of rotatable bonds is 1. The van der Waals surface area contributed by atoms with E-state index in [-0.39, 0.29) is 0 Å². The summed E-state index contributed by atoms with van der Waals surface area (Å²) in [4.78, 5) is 0. The minimum atomic E-state index is 0.630. The second kappa shape index (κ2) is 2.39. The Morgan fingerprint density at radius 1 is 1.55 bits per heavy atom. The molecular formula is C10H8N. The monoisotopic (exact) mass is 142 g/mol. The molecule has 1 saturated carbocycles. The first-order chi connectivity index (χ1) is 5.42. The fourth-order valence-corrected chi connectivity index (χ4v) is 1.26. The Morgan fingerprint density at radius 3 is 3.00 bits per heavy atom. The van der Waals surface area contributed by atoms with Crippen molar-refractivity contribution in [3.63, 3.8) is 0 Å². The predicted octanol–water partition coefficient (Wildman–Crippen LogP) is 2.24. The van der Waals surface area contributed by atoms with Crippen LogP contribution in [0.15, 0.2) is 18.2 Å². The summed E-state index contributed by atoms with van der Waals surface area (Å²) in [5.74, 6) is 0.630. The largest absolute Gasteiger partial charge is 0.192 e. The van der Waals surface area contributed by atoms with Crippen LogP contribution in [0.25, 0.3) is 0 Å². The van der Waals surface area contributed by atoms with Crippen LogP contribution in [0.2, 0.25) is 0 Å². The van der Waals surface area contributed by atoms with Gasteiger partial charge < -0.3 is 0 Å². The topological polar surface area (TPSA) is 23.8 Å². The van der Waals surface area contributed by atoms with Crippen molar-refractivity contribution < 1.29 is 0 Å². The van der Waals surface area contributed by atoms with Crippen LogP contribution < -0.4 is 0 Å². The summed E-state index contributed by atoms with van der Waals surface area (Å²) in [6, 6.07) is 10.9. The number of nitrogens with zero attached hydrogens (tertiary/aromatic N) is 1. The van der Waals surface area contributed by atoms with Crippen LogP contribution in [0.3, 0.4) is 0 Å². The minimum absolute atomic E-state index is 0.630. The third-order valence-electron chi connectivity index (χ3n) is 1.99. The summed E-state index contributed by atoms with van der Waals surface area (Å²) in [5.41, 5.74) is 1.92. The van der Waals surface area contributed by atoms with Crippen molar-refractivity contribution in [3.8, 4) is 6.07 Å². The fraction of sp³-hybridized carbons (Fsp3) is 0.300. The zero-order chi connectivity index (χ0) is 7.68. The maximum atomic E-state index is 8.73. The van der Waals surface area contributed by atoms with Gasteiger partial charge in [-0.15, -0.1) is 0 Å². The molecule has 0 aromatic heterocycles. The average molecular weight is 142 g/mol. The molecule has 2 rings (SSSR count). The van der Waals surface area contributed by atoms with Crippen molar-refractivity contribution in [2.75, 3.05) is 0 Å². The Labute approximate surface area is 66.3 Å². The van der Waals surface area contributed by atoms with Crippen molar-refractivity contribution in [3.05, 3.63) is 35.4 Å². The summed E-state index contributed by atoms with van der Waals surface area (Å²) in [5, 5.41) is 8.73. The molecule has 1 aromatic rings. The highest BCUT2D eigenvalue weighted by Gasteiger charge is 2.25. The molecule has 1 aromatic carbocycles. The van der Waals surface area contributed by atoms with Gasteiger partial charge in [-0.3, -0.25) is 0 Å². The summed E-state index contributed by atoms with van der Waals surface area (Å²) in [6.07, 6.45) is 2.46. The van der Waals surface area contributed by atoms with Crippen LogP contribution in [0.4, 0.5) is 0 Å². The third-order valence-corrected chi connectivity index (χ3v) is 1.99. The van der Waals surface area contributed by atoms with Crippen LogP contribution in [0, 0.1) is 17.4 Å². The first kappa shape index (κ1) is 6.42. The van der Waals surface area contributed by atoms with E-state index in [9.17, 15) is 0 Å². The van der Waals surface area contributed by atoms with Crippen molar-refractivity contribution in [2.45, 2.75) is 18.8 Å². The van der Waals surface area contributed by atoms with Gasteiger partial charge in [-0.1, -0.05) is 12.1 Å². The summed E-state index contributed by atoms with van der Waals surface area (Å²) in [7, 11) is 0. The highest BCUT2D eigenvalue weighted by molar-refractivity contribution is 5.40. The quantitative estimate of drug-likeness (QED) is 0.589. The van der Waals surface area contributed by atoms with Gasteiger partial charge in [0.2, 0.25) is 0 Å². The minimum Gasteiger partial charge on any atom is -0.192 e. The summed E-state index contributed by atoms with van der Waals surface area (Å²) >= 11 is 0. The maximum absolute atomic E-state index is 8.73. The molecule has 0 bridgehead atoms. The van der Waals surface area contributed by atoms with Crippen LogP contribution in [-0.4, -0.2) is 0 Å². The summed E-state index contributed by atoms with van der Waals surface area (Å²) in [6.45, 7) is 0. The number of hydrogen-bond acceptors (Lipinski definition) is 1. The Balaban J connectivity index is 2.44. The highest BCUT2D eigenvalue weighted by Crippen LogP contribution is 2.40. The van der Waals surface area contributed by atoms with Gasteiger partial charge in [0.1, 0.15) is 0 Å². The Kier molecular flexibility index (Phi) is 1.40.